The zero-order valence-electron chi connectivity index (χ0n) is 10.9. The Morgan fingerprint density at radius 1 is 1.53 bits per heavy atom. The molecular formula is C13H18N2O4. The molecule has 1 aromatic rings. The van der Waals surface area contributed by atoms with E-state index in [-0.39, 0.29) is 31.0 Å². The Balaban J connectivity index is 1.85. The molecule has 0 spiro atoms. The first-order valence-corrected chi connectivity index (χ1v) is 6.36. The molecule has 0 aromatic carbocycles. The highest BCUT2D eigenvalue weighted by atomic mass is 16.3. The second kappa shape index (κ2) is 5.88. The van der Waals surface area contributed by atoms with Gasteiger partial charge in [0.15, 0.2) is 0 Å². The van der Waals surface area contributed by atoms with E-state index in [9.17, 15) is 9.59 Å². The zero-order chi connectivity index (χ0) is 13.8. The molecule has 0 aliphatic heterocycles. The van der Waals surface area contributed by atoms with Gasteiger partial charge in [0.05, 0.1) is 25.0 Å². The lowest BCUT2D eigenvalue weighted by molar-refractivity contribution is -0.131. The third-order valence-corrected chi connectivity index (χ3v) is 3.15. The quantitative estimate of drug-likeness (QED) is 0.776. The smallest absolute Gasteiger partial charge is 0.255 e. The van der Waals surface area contributed by atoms with Gasteiger partial charge >= 0.3 is 0 Å². The van der Waals surface area contributed by atoms with Crippen LogP contribution in [0.15, 0.2) is 16.7 Å². The number of carbonyl (C=O) groups excluding carboxylic acids is 2. The van der Waals surface area contributed by atoms with Crippen LogP contribution in [0.25, 0.3) is 0 Å². The highest BCUT2D eigenvalue weighted by Crippen LogP contribution is 2.26. The van der Waals surface area contributed by atoms with Crippen LogP contribution in [0.1, 0.15) is 29.0 Å². The van der Waals surface area contributed by atoms with Gasteiger partial charge in [0.1, 0.15) is 5.76 Å². The molecule has 0 saturated heterocycles. The summed E-state index contributed by atoms with van der Waals surface area (Å²) in [4.78, 5) is 25.4. The van der Waals surface area contributed by atoms with Crippen LogP contribution in [-0.4, -0.2) is 47.6 Å². The number of aryl methyl sites for hydroxylation is 1. The highest BCUT2D eigenvalue weighted by molar-refractivity contribution is 5.97. The van der Waals surface area contributed by atoms with E-state index in [0.29, 0.717) is 17.9 Å². The van der Waals surface area contributed by atoms with Crippen molar-refractivity contribution in [1.82, 2.24) is 10.2 Å². The van der Waals surface area contributed by atoms with Gasteiger partial charge in [-0.2, -0.15) is 0 Å². The number of rotatable bonds is 6. The predicted molar refractivity (Wildman–Crippen MR) is 67.6 cm³/mol. The van der Waals surface area contributed by atoms with Crippen LogP contribution >= 0.6 is 0 Å². The molecule has 1 aromatic heterocycles. The van der Waals surface area contributed by atoms with Crippen molar-refractivity contribution in [3.05, 3.63) is 23.7 Å². The summed E-state index contributed by atoms with van der Waals surface area (Å²) in [5, 5.41) is 11.5. The molecule has 0 atom stereocenters. The van der Waals surface area contributed by atoms with E-state index in [0.717, 1.165) is 12.8 Å². The van der Waals surface area contributed by atoms with E-state index in [1.165, 1.54) is 6.26 Å². The van der Waals surface area contributed by atoms with Gasteiger partial charge in [-0.1, -0.05) is 0 Å². The molecule has 1 saturated carbocycles. The molecule has 6 heteroatoms. The maximum atomic E-state index is 12.0. The van der Waals surface area contributed by atoms with Gasteiger partial charge < -0.3 is 19.7 Å². The molecular weight excluding hydrogens is 248 g/mol. The molecule has 1 heterocycles. The average molecular weight is 266 g/mol. The van der Waals surface area contributed by atoms with E-state index < -0.39 is 0 Å². The molecule has 1 aliphatic rings. The lowest BCUT2D eigenvalue weighted by atomic mass is 10.2. The van der Waals surface area contributed by atoms with E-state index in [2.05, 4.69) is 5.32 Å². The Morgan fingerprint density at radius 2 is 2.26 bits per heavy atom. The maximum absolute atomic E-state index is 12.0. The van der Waals surface area contributed by atoms with Crippen molar-refractivity contribution in [3.8, 4) is 0 Å². The predicted octanol–water partition coefficient (Wildman–Crippen LogP) is 0.301. The fraction of sp³-hybridized carbons (Fsp3) is 0.538. The van der Waals surface area contributed by atoms with E-state index in [1.807, 2.05) is 0 Å². The van der Waals surface area contributed by atoms with Crippen LogP contribution in [0.5, 0.6) is 0 Å². The molecule has 19 heavy (non-hydrogen) atoms. The number of hydrogen-bond donors (Lipinski definition) is 2. The molecule has 2 N–H and O–H groups in total. The third kappa shape index (κ3) is 3.35. The van der Waals surface area contributed by atoms with Crippen molar-refractivity contribution in [2.75, 3.05) is 19.7 Å². The van der Waals surface area contributed by atoms with Crippen molar-refractivity contribution in [3.63, 3.8) is 0 Å². The molecule has 2 amide bonds. The van der Waals surface area contributed by atoms with Gasteiger partial charge in [-0.05, 0) is 25.8 Å². The van der Waals surface area contributed by atoms with Crippen LogP contribution in [0, 0.1) is 6.92 Å². The summed E-state index contributed by atoms with van der Waals surface area (Å²) >= 11 is 0. The molecule has 1 fully saturated rings. The van der Waals surface area contributed by atoms with Crippen LogP contribution < -0.4 is 5.32 Å². The van der Waals surface area contributed by atoms with Gasteiger partial charge in [0, 0.05) is 12.6 Å². The highest BCUT2D eigenvalue weighted by Gasteiger charge is 2.32. The number of hydrogen-bond acceptors (Lipinski definition) is 4. The number of aliphatic hydroxyl groups excluding tert-OH is 1. The van der Waals surface area contributed by atoms with Gasteiger partial charge in [-0.25, -0.2) is 0 Å². The number of nitrogens with zero attached hydrogens (tertiary/aromatic N) is 1. The second-order valence-corrected chi connectivity index (χ2v) is 4.62. The Hall–Kier alpha value is -1.82. The van der Waals surface area contributed by atoms with Gasteiger partial charge in [-0.15, -0.1) is 0 Å². The van der Waals surface area contributed by atoms with Crippen molar-refractivity contribution < 1.29 is 19.1 Å². The van der Waals surface area contributed by atoms with E-state index in [4.69, 9.17) is 9.52 Å². The Morgan fingerprint density at radius 3 is 2.79 bits per heavy atom. The molecule has 6 nitrogen and oxygen atoms in total. The van der Waals surface area contributed by atoms with Crippen molar-refractivity contribution in [2.45, 2.75) is 25.8 Å². The van der Waals surface area contributed by atoms with Crippen molar-refractivity contribution in [1.29, 1.82) is 0 Å². The van der Waals surface area contributed by atoms with Crippen LogP contribution in [0.2, 0.25) is 0 Å². The monoisotopic (exact) mass is 266 g/mol. The van der Waals surface area contributed by atoms with Gasteiger partial charge in [0.25, 0.3) is 5.91 Å². The molecule has 0 radical (unpaired) electrons. The minimum absolute atomic E-state index is 0.0556. The fourth-order valence-corrected chi connectivity index (χ4v) is 1.98. The first-order chi connectivity index (χ1) is 9.13. The molecule has 0 bridgehead atoms. The number of nitrogens with one attached hydrogen (secondary N) is 1. The van der Waals surface area contributed by atoms with Crippen LogP contribution in [0.3, 0.4) is 0 Å². The lowest BCUT2D eigenvalue weighted by Crippen LogP contribution is -2.42. The van der Waals surface area contributed by atoms with Gasteiger partial charge in [0.2, 0.25) is 5.91 Å². The number of amides is 2. The lowest BCUT2D eigenvalue weighted by Gasteiger charge is -2.21. The molecule has 0 unspecified atom stereocenters. The average Bonchev–Trinajstić information content (AvgIpc) is 3.14. The van der Waals surface area contributed by atoms with Crippen molar-refractivity contribution >= 4 is 11.8 Å². The standard InChI is InChI=1S/C13H18N2O4/c1-9-11(4-7-19-9)13(18)14-8-12(17)15(5-6-16)10-2-3-10/h4,7,10,16H,2-3,5-6,8H2,1H3,(H,14,18). The summed E-state index contributed by atoms with van der Waals surface area (Å²) in [6.07, 6.45) is 3.38. The fourth-order valence-electron chi connectivity index (χ4n) is 1.98. The summed E-state index contributed by atoms with van der Waals surface area (Å²) in [5.41, 5.74) is 0.438. The Labute approximate surface area is 111 Å². The SMILES string of the molecule is Cc1occc1C(=O)NCC(=O)N(CCO)C1CC1. The summed E-state index contributed by atoms with van der Waals surface area (Å²) in [5.74, 6) is 0.0461. The van der Waals surface area contributed by atoms with Crippen molar-refractivity contribution in [2.24, 2.45) is 0 Å². The van der Waals surface area contributed by atoms with Crippen LogP contribution in [-0.2, 0) is 4.79 Å². The summed E-state index contributed by atoms with van der Waals surface area (Å²) in [7, 11) is 0. The first kappa shape index (κ1) is 13.6. The second-order valence-electron chi connectivity index (χ2n) is 4.62. The Bertz CT molecular complexity index is 465. The van der Waals surface area contributed by atoms with Gasteiger partial charge in [-0.3, -0.25) is 9.59 Å². The topological polar surface area (TPSA) is 82.8 Å². The normalized spacial score (nSPS) is 14.2. The Kier molecular flexibility index (Phi) is 4.21. The number of aliphatic hydroxyl groups is 1. The number of furan rings is 1. The third-order valence-electron chi connectivity index (χ3n) is 3.15. The molecule has 1 aliphatic carbocycles. The van der Waals surface area contributed by atoms with E-state index >= 15 is 0 Å². The van der Waals surface area contributed by atoms with E-state index in [1.54, 1.807) is 17.9 Å². The van der Waals surface area contributed by atoms with Crippen LogP contribution in [0.4, 0.5) is 0 Å². The summed E-state index contributed by atoms with van der Waals surface area (Å²) in [6, 6.07) is 1.80. The maximum Gasteiger partial charge on any atom is 0.255 e. The summed E-state index contributed by atoms with van der Waals surface area (Å²) in [6.45, 7) is 1.90. The largest absolute Gasteiger partial charge is 0.469 e. The molecule has 104 valence electrons. The zero-order valence-corrected chi connectivity index (χ0v) is 10.9. The minimum atomic E-state index is -0.320. The summed E-state index contributed by atoms with van der Waals surface area (Å²) < 4.78 is 5.04. The minimum Gasteiger partial charge on any atom is -0.469 e. The molecule has 2 rings (SSSR count). The number of carbonyl (C=O) groups is 2. The first-order valence-electron chi connectivity index (χ1n) is 6.36.